The number of benzene rings is 3. The first-order chi connectivity index (χ1) is 13.9. The van der Waals surface area contributed by atoms with E-state index in [4.69, 9.17) is 4.74 Å². The van der Waals surface area contributed by atoms with Crippen LogP contribution in [0.2, 0.25) is 0 Å². The number of ether oxygens (including phenoxy) is 1. The van der Waals surface area contributed by atoms with Crippen molar-refractivity contribution in [2.75, 3.05) is 4.72 Å². The fourth-order valence-electron chi connectivity index (χ4n) is 2.52. The maximum atomic E-state index is 12.6. The van der Waals surface area contributed by atoms with Crippen molar-refractivity contribution >= 4 is 27.4 Å². The van der Waals surface area contributed by atoms with E-state index in [-0.39, 0.29) is 28.4 Å². The molecule has 29 heavy (non-hydrogen) atoms. The van der Waals surface area contributed by atoms with Gasteiger partial charge in [0.15, 0.2) is 0 Å². The van der Waals surface area contributed by atoms with Crippen molar-refractivity contribution in [3.05, 3.63) is 100 Å². The van der Waals surface area contributed by atoms with Crippen LogP contribution in [0, 0.1) is 10.1 Å². The molecule has 0 saturated carbocycles. The molecule has 0 saturated heterocycles. The van der Waals surface area contributed by atoms with Crippen molar-refractivity contribution in [2.24, 2.45) is 0 Å². The first-order valence-corrected chi connectivity index (χ1v) is 9.92. The lowest BCUT2D eigenvalue weighted by Crippen LogP contribution is -2.16. The number of para-hydroxylation sites is 1. The smallest absolute Gasteiger partial charge is 0.340 e. The zero-order valence-corrected chi connectivity index (χ0v) is 15.8. The minimum Gasteiger partial charge on any atom is -0.457 e. The van der Waals surface area contributed by atoms with Gasteiger partial charge in [-0.1, -0.05) is 48.5 Å². The third-order valence-corrected chi connectivity index (χ3v) is 5.31. The Morgan fingerprint density at radius 3 is 2.38 bits per heavy atom. The molecule has 0 fully saturated rings. The van der Waals surface area contributed by atoms with Crippen LogP contribution >= 0.6 is 0 Å². The second-order valence-electron chi connectivity index (χ2n) is 5.97. The summed E-state index contributed by atoms with van der Waals surface area (Å²) in [5, 5.41) is 10.9. The molecule has 3 aromatic rings. The Hall–Kier alpha value is -3.72. The fraction of sp³-hybridized carbons (Fsp3) is 0.0500. The third kappa shape index (κ3) is 4.96. The van der Waals surface area contributed by atoms with Crippen LogP contribution in [0.1, 0.15) is 15.9 Å². The first-order valence-electron chi connectivity index (χ1n) is 8.44. The summed E-state index contributed by atoms with van der Waals surface area (Å²) in [5.41, 5.74) is 0.466. The number of hydrogen-bond donors (Lipinski definition) is 1. The van der Waals surface area contributed by atoms with Gasteiger partial charge in [0.2, 0.25) is 0 Å². The van der Waals surface area contributed by atoms with Crippen LogP contribution in [0.15, 0.2) is 83.8 Å². The van der Waals surface area contributed by atoms with Gasteiger partial charge in [-0.15, -0.1) is 0 Å². The Morgan fingerprint density at radius 1 is 0.966 bits per heavy atom. The number of nitrogens with one attached hydrogen (secondary N) is 1. The Balaban J connectivity index is 1.82. The number of nitrogens with zero attached hydrogens (tertiary/aromatic N) is 1. The summed E-state index contributed by atoms with van der Waals surface area (Å²) in [6.07, 6.45) is 0. The maximum absolute atomic E-state index is 12.6. The highest BCUT2D eigenvalue weighted by molar-refractivity contribution is 7.92. The van der Waals surface area contributed by atoms with E-state index in [0.717, 1.165) is 11.6 Å². The molecule has 0 aliphatic carbocycles. The zero-order chi connectivity index (χ0) is 20.9. The Bertz CT molecular complexity index is 1150. The number of non-ortho nitro benzene ring substituents is 1. The lowest BCUT2D eigenvalue weighted by Gasteiger charge is -2.12. The van der Waals surface area contributed by atoms with Crippen LogP contribution in [0.4, 0.5) is 11.4 Å². The van der Waals surface area contributed by atoms with E-state index < -0.39 is 20.9 Å². The van der Waals surface area contributed by atoms with Crippen LogP contribution in [0.5, 0.6) is 0 Å². The van der Waals surface area contributed by atoms with Crippen LogP contribution in [0.25, 0.3) is 0 Å². The van der Waals surface area contributed by atoms with E-state index in [1.165, 1.54) is 30.3 Å². The average molecular weight is 412 g/mol. The van der Waals surface area contributed by atoms with Crippen molar-refractivity contribution in [1.29, 1.82) is 0 Å². The van der Waals surface area contributed by atoms with E-state index in [1.54, 1.807) is 24.3 Å². The number of sulfonamides is 1. The monoisotopic (exact) mass is 412 g/mol. The Labute approximate surface area is 167 Å². The predicted octanol–water partition coefficient (Wildman–Crippen LogP) is 3.75. The van der Waals surface area contributed by atoms with Gasteiger partial charge in [0.25, 0.3) is 15.7 Å². The fourth-order valence-corrected chi connectivity index (χ4v) is 3.64. The second kappa shape index (κ2) is 8.53. The molecule has 3 aromatic carbocycles. The van der Waals surface area contributed by atoms with Gasteiger partial charge >= 0.3 is 5.97 Å². The van der Waals surface area contributed by atoms with E-state index in [1.807, 2.05) is 18.2 Å². The van der Waals surface area contributed by atoms with Crippen molar-refractivity contribution in [1.82, 2.24) is 0 Å². The minimum absolute atomic E-state index is 0.0112. The molecule has 0 radical (unpaired) electrons. The highest BCUT2D eigenvalue weighted by Gasteiger charge is 2.21. The molecule has 0 amide bonds. The van der Waals surface area contributed by atoms with Gasteiger partial charge in [0, 0.05) is 12.1 Å². The van der Waals surface area contributed by atoms with Crippen molar-refractivity contribution in [3.8, 4) is 0 Å². The van der Waals surface area contributed by atoms with Gasteiger partial charge in [-0.25, -0.2) is 13.2 Å². The Kier molecular flexibility index (Phi) is 5.89. The van der Waals surface area contributed by atoms with Gasteiger partial charge in [-0.05, 0) is 23.8 Å². The first kappa shape index (κ1) is 20.0. The van der Waals surface area contributed by atoms with Gasteiger partial charge < -0.3 is 4.74 Å². The summed E-state index contributed by atoms with van der Waals surface area (Å²) in [6.45, 7) is 0.0334. The molecule has 0 spiro atoms. The summed E-state index contributed by atoms with van der Waals surface area (Å²) >= 11 is 0. The van der Waals surface area contributed by atoms with Crippen molar-refractivity contribution in [2.45, 2.75) is 11.5 Å². The Morgan fingerprint density at radius 2 is 1.66 bits per heavy atom. The van der Waals surface area contributed by atoms with Gasteiger partial charge in [-0.2, -0.15) is 0 Å². The largest absolute Gasteiger partial charge is 0.457 e. The molecule has 0 bridgehead atoms. The number of nitro benzene ring substituents is 1. The number of hydrogen-bond acceptors (Lipinski definition) is 6. The van der Waals surface area contributed by atoms with E-state index in [9.17, 15) is 23.3 Å². The molecular formula is C20H16N2O6S. The standard InChI is InChI=1S/C20H16N2O6S/c23-20(28-14-15-7-2-1-3-8-15)18-11-4-5-12-19(18)21-29(26,27)17-10-6-9-16(13-17)22(24)25/h1-13,21H,14H2. The van der Waals surface area contributed by atoms with Crippen LogP contribution in [-0.4, -0.2) is 19.3 Å². The molecule has 9 heteroatoms. The minimum atomic E-state index is -4.15. The molecule has 1 N–H and O–H groups in total. The number of anilines is 1. The summed E-state index contributed by atoms with van der Waals surface area (Å²) in [7, 11) is -4.15. The normalized spacial score (nSPS) is 10.9. The van der Waals surface area contributed by atoms with Crippen LogP contribution < -0.4 is 4.72 Å². The molecular weight excluding hydrogens is 396 g/mol. The highest BCUT2D eigenvalue weighted by Crippen LogP contribution is 2.23. The van der Waals surface area contributed by atoms with Crippen molar-refractivity contribution < 1.29 is 22.9 Å². The van der Waals surface area contributed by atoms with Crippen molar-refractivity contribution in [3.63, 3.8) is 0 Å². The summed E-state index contributed by atoms with van der Waals surface area (Å²) < 4.78 is 32.8. The number of esters is 1. The van der Waals surface area contributed by atoms with E-state index in [0.29, 0.717) is 0 Å². The summed E-state index contributed by atoms with van der Waals surface area (Å²) in [5.74, 6) is -0.703. The molecule has 3 rings (SSSR count). The highest BCUT2D eigenvalue weighted by atomic mass is 32.2. The topological polar surface area (TPSA) is 116 Å². The van der Waals surface area contributed by atoms with E-state index >= 15 is 0 Å². The van der Waals surface area contributed by atoms with Gasteiger partial charge in [-0.3, -0.25) is 14.8 Å². The second-order valence-corrected chi connectivity index (χ2v) is 7.65. The summed E-state index contributed by atoms with van der Waals surface area (Å²) in [6, 6.07) is 19.6. The van der Waals surface area contributed by atoms with Crippen LogP contribution in [-0.2, 0) is 21.4 Å². The molecule has 0 aliphatic heterocycles. The number of carbonyl (C=O) groups is 1. The average Bonchev–Trinajstić information content (AvgIpc) is 2.73. The SMILES string of the molecule is O=C(OCc1ccccc1)c1ccccc1NS(=O)(=O)c1cccc([N+](=O)[O-])c1. The van der Waals surface area contributed by atoms with E-state index in [2.05, 4.69) is 4.72 Å². The quantitative estimate of drug-likeness (QED) is 0.359. The molecule has 0 atom stereocenters. The molecule has 0 heterocycles. The number of nitro groups is 1. The van der Waals surface area contributed by atoms with Gasteiger partial charge in [0.05, 0.1) is 21.1 Å². The lowest BCUT2D eigenvalue weighted by atomic mass is 10.2. The molecule has 0 unspecified atom stereocenters. The summed E-state index contributed by atoms with van der Waals surface area (Å²) in [4.78, 5) is 22.4. The maximum Gasteiger partial charge on any atom is 0.340 e. The lowest BCUT2D eigenvalue weighted by molar-refractivity contribution is -0.385. The molecule has 148 valence electrons. The number of rotatable bonds is 7. The van der Waals surface area contributed by atoms with Gasteiger partial charge in [0.1, 0.15) is 6.61 Å². The molecule has 0 aliphatic rings. The molecule has 0 aromatic heterocycles. The number of carbonyl (C=O) groups excluding carboxylic acids is 1. The third-order valence-electron chi connectivity index (χ3n) is 3.94. The van der Waals surface area contributed by atoms with Crippen LogP contribution in [0.3, 0.4) is 0 Å². The molecule has 8 nitrogen and oxygen atoms in total. The zero-order valence-electron chi connectivity index (χ0n) is 15.0. The predicted molar refractivity (Wildman–Crippen MR) is 106 cm³/mol.